The predicted molar refractivity (Wildman–Crippen MR) is 115 cm³/mol. The number of esters is 1. The van der Waals surface area contributed by atoms with Crippen molar-refractivity contribution in [2.24, 2.45) is 0 Å². The molecule has 1 aromatic heterocycles. The third kappa shape index (κ3) is 5.20. The SMILES string of the molecule is C=CCCC(=O)N1CCc2c(sc(S(=O)(=O)NCc3ccc(F)cc3)c2C(=O)OC)C1. The van der Waals surface area contributed by atoms with Crippen molar-refractivity contribution in [2.45, 2.75) is 36.6 Å². The van der Waals surface area contributed by atoms with Gasteiger partial charge < -0.3 is 9.64 Å². The molecule has 1 aromatic carbocycles. The highest BCUT2D eigenvalue weighted by atomic mass is 32.2. The molecule has 2 aromatic rings. The van der Waals surface area contributed by atoms with E-state index in [1.807, 2.05) is 0 Å². The number of fused-ring (bicyclic) bond motifs is 1. The summed E-state index contributed by atoms with van der Waals surface area (Å²) in [5.41, 5.74) is 1.20. The number of thiophene rings is 1. The smallest absolute Gasteiger partial charge is 0.340 e. The maximum atomic E-state index is 13.1. The number of hydrogen-bond donors (Lipinski definition) is 1. The lowest BCUT2D eigenvalue weighted by molar-refractivity contribution is -0.131. The maximum absolute atomic E-state index is 13.1. The van der Waals surface area contributed by atoms with Crippen LogP contribution in [0.25, 0.3) is 0 Å². The molecule has 2 heterocycles. The van der Waals surface area contributed by atoms with Gasteiger partial charge in [0.05, 0.1) is 19.2 Å². The van der Waals surface area contributed by atoms with Crippen molar-refractivity contribution in [3.8, 4) is 0 Å². The molecule has 0 spiro atoms. The van der Waals surface area contributed by atoms with Crippen molar-refractivity contribution in [3.05, 3.63) is 64.3 Å². The summed E-state index contributed by atoms with van der Waals surface area (Å²) in [6.45, 7) is 4.20. The summed E-state index contributed by atoms with van der Waals surface area (Å²) >= 11 is 0.970. The van der Waals surface area contributed by atoms with Gasteiger partial charge >= 0.3 is 5.97 Å². The fraction of sp³-hybridized carbons (Fsp3) is 0.333. The van der Waals surface area contributed by atoms with Gasteiger partial charge in [-0.05, 0) is 36.1 Å². The molecule has 10 heteroatoms. The molecule has 1 N–H and O–H groups in total. The topological polar surface area (TPSA) is 92.8 Å². The first kappa shape index (κ1) is 23.1. The van der Waals surface area contributed by atoms with Gasteiger partial charge in [0, 0.05) is 24.4 Å². The van der Waals surface area contributed by atoms with Gasteiger partial charge in [-0.25, -0.2) is 22.3 Å². The van der Waals surface area contributed by atoms with Gasteiger partial charge in [-0.1, -0.05) is 18.2 Å². The Morgan fingerprint density at radius 3 is 2.68 bits per heavy atom. The van der Waals surface area contributed by atoms with Crippen LogP contribution in [-0.4, -0.2) is 38.8 Å². The van der Waals surface area contributed by atoms with Gasteiger partial charge in [-0.2, -0.15) is 0 Å². The van der Waals surface area contributed by atoms with Crippen molar-refractivity contribution < 1.29 is 27.1 Å². The van der Waals surface area contributed by atoms with Crippen LogP contribution < -0.4 is 4.72 Å². The van der Waals surface area contributed by atoms with Gasteiger partial charge in [-0.15, -0.1) is 17.9 Å². The summed E-state index contributed by atoms with van der Waals surface area (Å²) in [6, 6.07) is 5.44. The lowest BCUT2D eigenvalue weighted by Crippen LogP contribution is -2.35. The van der Waals surface area contributed by atoms with E-state index in [9.17, 15) is 22.4 Å². The largest absolute Gasteiger partial charge is 0.465 e. The van der Waals surface area contributed by atoms with Crippen LogP contribution in [0.4, 0.5) is 4.39 Å². The molecular formula is C21H23FN2O5S2. The second-order valence-corrected chi connectivity index (χ2v) is 10.1. The summed E-state index contributed by atoms with van der Waals surface area (Å²) in [6.07, 6.45) is 2.93. The van der Waals surface area contributed by atoms with Gasteiger partial charge in [-0.3, -0.25) is 4.79 Å². The van der Waals surface area contributed by atoms with E-state index in [0.29, 0.717) is 41.8 Å². The average molecular weight is 467 g/mol. The Morgan fingerprint density at radius 2 is 2.03 bits per heavy atom. The van der Waals surface area contributed by atoms with Crippen LogP contribution in [0.3, 0.4) is 0 Å². The molecule has 0 saturated carbocycles. The van der Waals surface area contributed by atoms with E-state index in [2.05, 4.69) is 11.3 Å². The average Bonchev–Trinajstić information content (AvgIpc) is 3.16. The number of sulfonamides is 1. The van der Waals surface area contributed by atoms with Crippen molar-refractivity contribution in [1.82, 2.24) is 9.62 Å². The van der Waals surface area contributed by atoms with E-state index >= 15 is 0 Å². The standard InChI is InChI=1S/C21H23FN2O5S2/c1-3-4-5-18(25)24-11-10-16-17(13-24)30-21(19(16)20(26)29-2)31(27,28)23-12-14-6-8-15(22)9-7-14/h3,6-9,23H,1,4-5,10-13H2,2H3. The highest BCUT2D eigenvalue weighted by Crippen LogP contribution is 2.37. The van der Waals surface area contributed by atoms with E-state index in [4.69, 9.17) is 4.74 Å². The number of benzene rings is 1. The molecule has 7 nitrogen and oxygen atoms in total. The van der Waals surface area contributed by atoms with Crippen LogP contribution in [0.5, 0.6) is 0 Å². The quantitative estimate of drug-likeness (QED) is 0.477. The number of rotatable bonds is 8. The first-order chi connectivity index (χ1) is 14.8. The Kier molecular flexibility index (Phi) is 7.24. The molecule has 0 bridgehead atoms. The third-order valence-electron chi connectivity index (χ3n) is 4.95. The van der Waals surface area contributed by atoms with E-state index in [-0.39, 0.29) is 28.8 Å². The summed E-state index contributed by atoms with van der Waals surface area (Å²) in [7, 11) is -2.85. The maximum Gasteiger partial charge on any atom is 0.340 e. The molecule has 0 radical (unpaired) electrons. The number of ether oxygens (including phenoxy) is 1. The fourth-order valence-corrected chi connectivity index (χ4v) is 6.28. The molecule has 0 atom stereocenters. The Morgan fingerprint density at radius 1 is 1.32 bits per heavy atom. The van der Waals surface area contributed by atoms with Crippen LogP contribution in [0.1, 0.15) is 39.2 Å². The zero-order valence-corrected chi connectivity index (χ0v) is 18.7. The molecule has 1 amide bonds. The van der Waals surface area contributed by atoms with Crippen LogP contribution in [0.2, 0.25) is 0 Å². The zero-order valence-electron chi connectivity index (χ0n) is 17.0. The van der Waals surface area contributed by atoms with Gasteiger partial charge in [0.25, 0.3) is 10.0 Å². The van der Waals surface area contributed by atoms with Crippen molar-refractivity contribution in [2.75, 3.05) is 13.7 Å². The van der Waals surface area contributed by atoms with Gasteiger partial charge in [0.1, 0.15) is 10.0 Å². The number of allylic oxidation sites excluding steroid dienone is 1. The molecule has 0 fully saturated rings. The molecule has 0 saturated heterocycles. The molecule has 0 unspecified atom stereocenters. The molecular weight excluding hydrogens is 443 g/mol. The van der Waals surface area contributed by atoms with E-state index in [1.165, 1.54) is 31.4 Å². The van der Waals surface area contributed by atoms with E-state index < -0.39 is 21.8 Å². The predicted octanol–water partition coefficient (Wildman–Crippen LogP) is 3.00. The summed E-state index contributed by atoms with van der Waals surface area (Å²) in [4.78, 5) is 27.1. The molecule has 1 aliphatic rings. The Balaban J connectivity index is 1.88. The summed E-state index contributed by atoms with van der Waals surface area (Å²) < 4.78 is 46.3. The number of hydrogen-bond acceptors (Lipinski definition) is 6. The summed E-state index contributed by atoms with van der Waals surface area (Å²) in [5.74, 6) is -1.19. The second-order valence-electron chi connectivity index (χ2n) is 7.00. The number of nitrogens with zero attached hydrogens (tertiary/aromatic N) is 1. The Bertz CT molecular complexity index is 1090. The van der Waals surface area contributed by atoms with E-state index in [1.54, 1.807) is 11.0 Å². The van der Waals surface area contributed by atoms with Crippen LogP contribution in [-0.2, 0) is 39.1 Å². The number of halogens is 1. The van der Waals surface area contributed by atoms with Crippen molar-refractivity contribution in [1.29, 1.82) is 0 Å². The molecule has 1 aliphatic heterocycles. The minimum absolute atomic E-state index is 0.0206. The second kappa shape index (κ2) is 9.71. The lowest BCUT2D eigenvalue weighted by atomic mass is 10.0. The lowest BCUT2D eigenvalue weighted by Gasteiger charge is -2.27. The molecule has 31 heavy (non-hydrogen) atoms. The third-order valence-corrected chi connectivity index (χ3v) is 8.09. The number of carbonyl (C=O) groups excluding carboxylic acids is 2. The zero-order chi connectivity index (χ0) is 22.6. The number of carbonyl (C=O) groups is 2. The molecule has 0 aliphatic carbocycles. The normalized spacial score (nSPS) is 13.5. The minimum Gasteiger partial charge on any atom is -0.465 e. The first-order valence-electron chi connectivity index (χ1n) is 9.62. The van der Waals surface area contributed by atoms with E-state index in [0.717, 1.165) is 11.3 Å². The van der Waals surface area contributed by atoms with Crippen molar-refractivity contribution >= 4 is 33.2 Å². The summed E-state index contributed by atoms with van der Waals surface area (Å²) in [5, 5.41) is 0. The minimum atomic E-state index is -4.04. The van der Waals surface area contributed by atoms with Gasteiger partial charge in [0.15, 0.2) is 0 Å². The number of methoxy groups -OCH3 is 1. The Labute approximate surface area is 184 Å². The molecule has 3 rings (SSSR count). The van der Waals surface area contributed by atoms with Gasteiger partial charge in [0.2, 0.25) is 5.91 Å². The van der Waals surface area contributed by atoms with Crippen LogP contribution >= 0.6 is 11.3 Å². The Hall–Kier alpha value is -2.56. The van der Waals surface area contributed by atoms with Crippen molar-refractivity contribution in [3.63, 3.8) is 0 Å². The first-order valence-corrected chi connectivity index (χ1v) is 11.9. The fourth-order valence-electron chi connectivity index (χ4n) is 3.32. The monoisotopic (exact) mass is 466 g/mol. The van der Waals surface area contributed by atoms with Crippen LogP contribution in [0, 0.1) is 5.82 Å². The molecule has 166 valence electrons. The highest BCUT2D eigenvalue weighted by molar-refractivity contribution is 7.91. The number of nitrogens with one attached hydrogen (secondary N) is 1. The van der Waals surface area contributed by atoms with Crippen LogP contribution in [0.15, 0.2) is 41.1 Å². The number of amides is 1. The highest BCUT2D eigenvalue weighted by Gasteiger charge is 2.34.